The lowest BCUT2D eigenvalue weighted by molar-refractivity contribution is 0.102. The van der Waals surface area contributed by atoms with Gasteiger partial charge in [0.1, 0.15) is 5.82 Å². The Hall–Kier alpha value is -1.68. The number of rotatable bonds is 3. The van der Waals surface area contributed by atoms with E-state index in [9.17, 15) is 9.18 Å². The number of benzene rings is 2. The quantitative estimate of drug-likeness (QED) is 0.840. The van der Waals surface area contributed by atoms with E-state index in [0.29, 0.717) is 11.0 Å². The zero-order chi connectivity index (χ0) is 13.8. The van der Waals surface area contributed by atoms with Gasteiger partial charge in [0.25, 0.3) is 5.91 Å². The molecule has 2 rings (SSSR count). The Bertz CT molecular complexity index is 613. The first-order valence-corrected chi connectivity index (χ1v) is 6.94. The van der Waals surface area contributed by atoms with Gasteiger partial charge in [-0.15, -0.1) is 0 Å². The van der Waals surface area contributed by atoms with Crippen molar-refractivity contribution in [2.45, 2.75) is 12.3 Å². The fraction of sp³-hybridized carbons (Fsp3) is 0.133. The zero-order valence-electron chi connectivity index (χ0n) is 10.4. The van der Waals surface area contributed by atoms with Crippen LogP contribution in [0.2, 0.25) is 0 Å². The first kappa shape index (κ1) is 13.7. The number of alkyl halides is 1. The number of anilines is 1. The van der Waals surface area contributed by atoms with E-state index in [-0.39, 0.29) is 5.56 Å². The van der Waals surface area contributed by atoms with Crippen LogP contribution >= 0.6 is 15.9 Å². The second-order valence-corrected chi connectivity index (χ2v) is 4.83. The van der Waals surface area contributed by atoms with Gasteiger partial charge in [0.05, 0.1) is 5.56 Å². The summed E-state index contributed by atoms with van der Waals surface area (Å²) in [6, 6.07) is 12.0. The molecule has 2 aromatic rings. The number of hydrogen-bond acceptors (Lipinski definition) is 1. The van der Waals surface area contributed by atoms with Crippen molar-refractivity contribution < 1.29 is 9.18 Å². The number of nitrogens with one attached hydrogen (secondary N) is 1. The number of amides is 1. The first-order chi connectivity index (χ1) is 9.10. The summed E-state index contributed by atoms with van der Waals surface area (Å²) in [7, 11) is 0. The monoisotopic (exact) mass is 321 g/mol. The Balaban J connectivity index is 2.20. The van der Waals surface area contributed by atoms with Gasteiger partial charge in [-0.25, -0.2) is 4.39 Å². The van der Waals surface area contributed by atoms with Crippen molar-refractivity contribution in [1.29, 1.82) is 0 Å². The molecule has 0 radical (unpaired) electrons. The molecule has 0 aliphatic rings. The van der Waals surface area contributed by atoms with Gasteiger partial charge in [-0.2, -0.15) is 0 Å². The number of carbonyl (C=O) groups is 1. The molecule has 0 bridgehead atoms. The summed E-state index contributed by atoms with van der Waals surface area (Å²) < 4.78 is 13.7. The highest BCUT2D eigenvalue weighted by Gasteiger charge is 2.11. The fourth-order valence-corrected chi connectivity index (χ4v) is 2.08. The van der Waals surface area contributed by atoms with Crippen LogP contribution in [-0.4, -0.2) is 5.91 Å². The van der Waals surface area contributed by atoms with Crippen molar-refractivity contribution in [3.8, 4) is 0 Å². The number of carbonyl (C=O) groups excluding carboxylic acids is 1. The molecule has 0 atom stereocenters. The molecular formula is C15H13BrFNO. The van der Waals surface area contributed by atoms with E-state index in [1.165, 1.54) is 12.1 Å². The predicted octanol–water partition coefficient (Wildman–Crippen LogP) is 4.28. The molecule has 2 aromatic carbocycles. The highest BCUT2D eigenvalue weighted by Crippen LogP contribution is 2.16. The van der Waals surface area contributed by atoms with Crippen molar-refractivity contribution in [3.05, 3.63) is 65.0 Å². The van der Waals surface area contributed by atoms with Gasteiger partial charge < -0.3 is 5.32 Å². The molecule has 1 amide bonds. The molecule has 0 saturated heterocycles. The average Bonchev–Trinajstić information content (AvgIpc) is 2.38. The van der Waals surface area contributed by atoms with Crippen LogP contribution in [0, 0.1) is 12.7 Å². The Kier molecular flexibility index (Phi) is 4.32. The standard InChI is InChI=1S/C15H13BrFNO/c1-10-5-6-13(14(17)7-10)15(19)18-12-4-2-3-11(8-12)9-16/h2-8H,9H2,1H3,(H,18,19). The molecule has 0 fully saturated rings. The first-order valence-electron chi connectivity index (χ1n) is 5.82. The molecule has 1 N–H and O–H groups in total. The van der Waals surface area contributed by atoms with Gasteiger partial charge in [0.2, 0.25) is 0 Å². The van der Waals surface area contributed by atoms with E-state index < -0.39 is 11.7 Å². The van der Waals surface area contributed by atoms with E-state index in [1.54, 1.807) is 19.1 Å². The summed E-state index contributed by atoms with van der Waals surface area (Å²) in [6.07, 6.45) is 0. The van der Waals surface area contributed by atoms with Gasteiger partial charge in [-0.1, -0.05) is 34.1 Å². The third-order valence-electron chi connectivity index (χ3n) is 2.71. The van der Waals surface area contributed by atoms with Gasteiger partial charge >= 0.3 is 0 Å². The lowest BCUT2D eigenvalue weighted by atomic mass is 10.1. The van der Waals surface area contributed by atoms with Crippen molar-refractivity contribution in [2.24, 2.45) is 0 Å². The molecule has 2 nitrogen and oxygen atoms in total. The third-order valence-corrected chi connectivity index (χ3v) is 3.36. The Labute approximate surface area is 119 Å². The molecule has 98 valence electrons. The van der Waals surface area contributed by atoms with Crippen LogP contribution in [0.25, 0.3) is 0 Å². The number of aryl methyl sites for hydroxylation is 1. The van der Waals surface area contributed by atoms with Crippen LogP contribution in [0.5, 0.6) is 0 Å². The van der Waals surface area contributed by atoms with Gasteiger partial charge in [0.15, 0.2) is 0 Å². The molecular weight excluding hydrogens is 309 g/mol. The predicted molar refractivity (Wildman–Crippen MR) is 78.2 cm³/mol. The molecule has 0 unspecified atom stereocenters. The van der Waals surface area contributed by atoms with Crippen molar-refractivity contribution >= 4 is 27.5 Å². The lowest BCUT2D eigenvalue weighted by Crippen LogP contribution is -2.13. The largest absolute Gasteiger partial charge is 0.322 e. The number of hydrogen-bond donors (Lipinski definition) is 1. The Morgan fingerprint density at radius 1 is 1.26 bits per heavy atom. The summed E-state index contributed by atoms with van der Waals surface area (Å²) in [5, 5.41) is 3.40. The summed E-state index contributed by atoms with van der Waals surface area (Å²) in [4.78, 5) is 12.0. The molecule has 4 heteroatoms. The summed E-state index contributed by atoms with van der Waals surface area (Å²) >= 11 is 3.35. The summed E-state index contributed by atoms with van der Waals surface area (Å²) in [6.45, 7) is 1.78. The van der Waals surface area contributed by atoms with Crippen LogP contribution in [0.4, 0.5) is 10.1 Å². The maximum absolute atomic E-state index is 13.7. The van der Waals surface area contributed by atoms with Crippen molar-refractivity contribution in [3.63, 3.8) is 0 Å². The van der Waals surface area contributed by atoms with E-state index >= 15 is 0 Å². The normalized spacial score (nSPS) is 10.3. The molecule has 0 spiro atoms. The van der Waals surface area contributed by atoms with Crippen LogP contribution in [-0.2, 0) is 5.33 Å². The van der Waals surface area contributed by atoms with Crippen molar-refractivity contribution in [1.82, 2.24) is 0 Å². The summed E-state index contributed by atoms with van der Waals surface area (Å²) in [5.74, 6) is -0.946. The maximum Gasteiger partial charge on any atom is 0.258 e. The SMILES string of the molecule is Cc1ccc(C(=O)Nc2cccc(CBr)c2)c(F)c1. The number of halogens is 2. The minimum absolute atomic E-state index is 0.0508. The summed E-state index contributed by atoms with van der Waals surface area (Å²) in [5.41, 5.74) is 2.54. The molecule has 0 aliphatic carbocycles. The molecule has 0 saturated carbocycles. The maximum atomic E-state index is 13.7. The van der Waals surface area contributed by atoms with Crippen LogP contribution in [0.3, 0.4) is 0 Å². The fourth-order valence-electron chi connectivity index (χ4n) is 1.73. The average molecular weight is 322 g/mol. The smallest absolute Gasteiger partial charge is 0.258 e. The second kappa shape index (κ2) is 5.97. The molecule has 0 heterocycles. The van der Waals surface area contributed by atoms with Gasteiger partial charge in [-0.05, 0) is 42.3 Å². The highest BCUT2D eigenvalue weighted by molar-refractivity contribution is 9.08. The van der Waals surface area contributed by atoms with Crippen LogP contribution < -0.4 is 5.32 Å². The lowest BCUT2D eigenvalue weighted by Gasteiger charge is -2.07. The molecule has 19 heavy (non-hydrogen) atoms. The Morgan fingerprint density at radius 2 is 2.05 bits per heavy atom. The van der Waals surface area contributed by atoms with Crippen LogP contribution in [0.1, 0.15) is 21.5 Å². The highest BCUT2D eigenvalue weighted by atomic mass is 79.9. The topological polar surface area (TPSA) is 29.1 Å². The van der Waals surface area contributed by atoms with Crippen molar-refractivity contribution in [2.75, 3.05) is 5.32 Å². The minimum Gasteiger partial charge on any atom is -0.322 e. The Morgan fingerprint density at radius 3 is 2.74 bits per heavy atom. The van der Waals surface area contributed by atoms with Gasteiger partial charge in [0, 0.05) is 11.0 Å². The van der Waals surface area contributed by atoms with Gasteiger partial charge in [-0.3, -0.25) is 4.79 Å². The van der Waals surface area contributed by atoms with E-state index in [4.69, 9.17) is 0 Å². The van der Waals surface area contributed by atoms with Crippen LogP contribution in [0.15, 0.2) is 42.5 Å². The zero-order valence-corrected chi connectivity index (χ0v) is 12.0. The van der Waals surface area contributed by atoms with E-state index in [0.717, 1.165) is 11.1 Å². The molecule has 0 aromatic heterocycles. The second-order valence-electron chi connectivity index (χ2n) is 4.27. The van der Waals surface area contributed by atoms with E-state index in [1.807, 2.05) is 18.2 Å². The third kappa shape index (κ3) is 3.41. The van der Waals surface area contributed by atoms with E-state index in [2.05, 4.69) is 21.2 Å². The minimum atomic E-state index is -0.505. The molecule has 0 aliphatic heterocycles.